The first kappa shape index (κ1) is 15.4. The first-order valence-electron chi connectivity index (χ1n) is 7.46. The average Bonchev–Trinajstić information content (AvgIpc) is 2.71. The van der Waals surface area contributed by atoms with Crippen molar-refractivity contribution in [2.24, 2.45) is 0 Å². The third-order valence-electron chi connectivity index (χ3n) is 3.99. The molecule has 0 unspecified atom stereocenters. The molecule has 0 bridgehead atoms. The minimum atomic E-state index is -0.403. The van der Waals surface area contributed by atoms with Crippen molar-refractivity contribution in [3.63, 3.8) is 0 Å². The molecule has 1 aromatic heterocycles. The van der Waals surface area contributed by atoms with E-state index in [9.17, 15) is 9.30 Å². The first-order chi connectivity index (χ1) is 10.6. The Labute approximate surface area is 135 Å². The smallest absolute Gasteiger partial charge is 0.276 e. The summed E-state index contributed by atoms with van der Waals surface area (Å²) in [6, 6.07) is 4.63. The van der Waals surface area contributed by atoms with E-state index in [1.54, 1.807) is 12.1 Å². The highest BCUT2D eigenvalue weighted by molar-refractivity contribution is 9.10. The topological polar surface area (TPSA) is 55.1 Å². The van der Waals surface area contributed by atoms with E-state index >= 15 is 0 Å². The van der Waals surface area contributed by atoms with Gasteiger partial charge in [0.15, 0.2) is 4.60 Å². The molecule has 5 nitrogen and oxygen atoms in total. The van der Waals surface area contributed by atoms with E-state index in [-0.39, 0.29) is 0 Å². The molecule has 1 saturated heterocycles. The quantitative estimate of drug-likeness (QED) is 0.899. The normalized spacial score (nSPS) is 16.6. The lowest BCUT2D eigenvalue weighted by Gasteiger charge is -2.16. The average molecular weight is 371 g/mol. The summed E-state index contributed by atoms with van der Waals surface area (Å²) < 4.78 is 19.4. The van der Waals surface area contributed by atoms with Gasteiger partial charge in [0.25, 0.3) is 5.69 Å². The molecule has 1 N–H and O–H groups in total. The van der Waals surface area contributed by atoms with Crippen LogP contribution in [0.5, 0.6) is 0 Å². The van der Waals surface area contributed by atoms with Crippen molar-refractivity contribution in [2.75, 3.05) is 13.1 Å². The van der Waals surface area contributed by atoms with Crippen molar-refractivity contribution in [3.8, 4) is 11.3 Å². The number of H-pyrrole nitrogens is 1. The Balaban J connectivity index is 1.90. The maximum absolute atomic E-state index is 13.7. The lowest BCUT2D eigenvalue weighted by molar-refractivity contribution is -0.704. The van der Waals surface area contributed by atoms with Crippen molar-refractivity contribution in [1.82, 2.24) is 10.1 Å². The summed E-state index contributed by atoms with van der Waals surface area (Å²) in [5.74, 6) is -0.403. The van der Waals surface area contributed by atoms with E-state index in [2.05, 4.69) is 26.0 Å². The van der Waals surface area contributed by atoms with Gasteiger partial charge in [-0.25, -0.2) is 4.39 Å². The molecule has 0 saturated carbocycles. The third-order valence-corrected chi connectivity index (χ3v) is 4.64. The van der Waals surface area contributed by atoms with E-state index < -0.39 is 5.82 Å². The summed E-state index contributed by atoms with van der Waals surface area (Å²) in [5.41, 5.74) is 1.53. The fourth-order valence-corrected chi connectivity index (χ4v) is 3.10. The molecule has 1 aliphatic heterocycles. The Morgan fingerprint density at radius 2 is 2.00 bits per heavy atom. The van der Waals surface area contributed by atoms with Crippen molar-refractivity contribution >= 4 is 15.9 Å². The van der Waals surface area contributed by atoms with Gasteiger partial charge < -0.3 is 0 Å². The van der Waals surface area contributed by atoms with Crippen LogP contribution in [0, 0.1) is 10.7 Å². The second-order valence-electron chi connectivity index (χ2n) is 5.60. The monoisotopic (exact) mass is 370 g/mol. The number of aromatic amines is 1. The molecule has 0 aliphatic carbocycles. The van der Waals surface area contributed by atoms with Gasteiger partial charge in [-0.15, -0.1) is 0 Å². The van der Waals surface area contributed by atoms with E-state index in [1.165, 1.54) is 18.9 Å². The predicted octanol–water partition coefficient (Wildman–Crippen LogP) is 3.47. The number of benzene rings is 1. The number of hydrogen-bond acceptors (Lipinski definition) is 3. The van der Waals surface area contributed by atoms with Crippen LogP contribution >= 0.6 is 15.9 Å². The Kier molecular flexibility index (Phi) is 4.73. The van der Waals surface area contributed by atoms with E-state index in [0.717, 1.165) is 25.9 Å². The highest BCUT2D eigenvalue weighted by atomic mass is 79.9. The van der Waals surface area contributed by atoms with Gasteiger partial charge in [-0.1, -0.05) is 22.6 Å². The summed E-state index contributed by atoms with van der Waals surface area (Å²) in [6.07, 6.45) is 4.82. The lowest BCUT2D eigenvalue weighted by Crippen LogP contribution is -2.25. The molecule has 0 radical (unpaired) electrons. The van der Waals surface area contributed by atoms with Gasteiger partial charge in [0.1, 0.15) is 5.82 Å². The van der Waals surface area contributed by atoms with Gasteiger partial charge in [0.05, 0.1) is 11.0 Å². The van der Waals surface area contributed by atoms with E-state index in [0.29, 0.717) is 32.6 Å². The third kappa shape index (κ3) is 3.30. The highest BCUT2D eigenvalue weighted by Crippen LogP contribution is 2.25. The number of hydrogen-bond donors (Lipinski definition) is 1. The van der Waals surface area contributed by atoms with Gasteiger partial charge in [0, 0.05) is 5.56 Å². The molecule has 3 rings (SSSR count). The van der Waals surface area contributed by atoms with Gasteiger partial charge in [-0.2, -0.15) is 0 Å². The van der Waals surface area contributed by atoms with Crippen LogP contribution in [0.4, 0.5) is 4.39 Å². The van der Waals surface area contributed by atoms with Crippen molar-refractivity contribution in [2.45, 2.75) is 32.2 Å². The maximum Gasteiger partial charge on any atom is 0.276 e. The summed E-state index contributed by atoms with van der Waals surface area (Å²) in [4.78, 5) is 14.2. The summed E-state index contributed by atoms with van der Waals surface area (Å²) in [6.45, 7) is 2.61. The van der Waals surface area contributed by atoms with Crippen LogP contribution in [0.3, 0.4) is 0 Å². The van der Waals surface area contributed by atoms with Crippen LogP contribution in [0.1, 0.15) is 31.4 Å². The lowest BCUT2D eigenvalue weighted by atomic mass is 10.1. The largest absolute Gasteiger partial charge is 0.295 e. The second-order valence-corrected chi connectivity index (χ2v) is 6.45. The standard InChI is InChI=1S/C15H18BrFN3O2/c16-12-6-5-11(9-13(12)17)15-14(18-22-20(15)21)10-19-7-3-1-2-4-8-19/h5-6,9,18H,1-4,7-8,10H2/q+1. The van der Waals surface area contributed by atoms with Crippen LogP contribution in [-0.2, 0) is 6.54 Å². The zero-order chi connectivity index (χ0) is 15.5. The summed E-state index contributed by atoms with van der Waals surface area (Å²) >= 11 is 3.12. The van der Waals surface area contributed by atoms with Crippen molar-refractivity contribution in [1.29, 1.82) is 0 Å². The number of likely N-dealkylation sites (tertiary alicyclic amines) is 1. The van der Waals surface area contributed by atoms with Crippen molar-refractivity contribution in [3.05, 3.63) is 39.1 Å². The van der Waals surface area contributed by atoms with Crippen LogP contribution in [0.15, 0.2) is 27.3 Å². The molecule has 7 heteroatoms. The van der Waals surface area contributed by atoms with E-state index in [4.69, 9.17) is 4.63 Å². The summed E-state index contributed by atoms with van der Waals surface area (Å²) in [5, 5.41) is 2.67. The predicted molar refractivity (Wildman–Crippen MR) is 83.3 cm³/mol. The first-order valence-corrected chi connectivity index (χ1v) is 8.25. The Morgan fingerprint density at radius 3 is 2.68 bits per heavy atom. The number of nitrogens with zero attached hydrogens (tertiary/aromatic N) is 2. The zero-order valence-electron chi connectivity index (χ0n) is 12.1. The van der Waals surface area contributed by atoms with Crippen LogP contribution in [-0.4, -0.2) is 23.1 Å². The highest BCUT2D eigenvalue weighted by Gasteiger charge is 2.25. The van der Waals surface area contributed by atoms with Crippen LogP contribution in [0.25, 0.3) is 11.3 Å². The Bertz CT molecular complexity index is 705. The SMILES string of the molecule is O=[n+]1o[nH]c(CN2CCCCCC2)c1-c1ccc(Br)c(F)c1. The molecule has 2 heterocycles. The fraction of sp³-hybridized carbons (Fsp3) is 0.467. The number of rotatable bonds is 3. The second kappa shape index (κ2) is 6.75. The van der Waals surface area contributed by atoms with Crippen LogP contribution in [0.2, 0.25) is 0 Å². The minimum absolute atomic E-state index is 0.343. The maximum atomic E-state index is 13.7. The van der Waals surface area contributed by atoms with Gasteiger partial charge in [0.2, 0.25) is 5.69 Å². The molecule has 0 spiro atoms. The molecule has 1 fully saturated rings. The molecule has 0 atom stereocenters. The Hall–Kier alpha value is -1.47. The molecule has 1 aliphatic rings. The molecule has 22 heavy (non-hydrogen) atoms. The van der Waals surface area contributed by atoms with Crippen LogP contribution < -0.4 is 4.60 Å². The summed E-state index contributed by atoms with van der Waals surface area (Å²) in [7, 11) is 0. The van der Waals surface area contributed by atoms with Gasteiger partial charge in [-0.3, -0.25) is 4.90 Å². The Morgan fingerprint density at radius 1 is 1.27 bits per heavy atom. The number of halogens is 2. The molecular weight excluding hydrogens is 353 g/mol. The molecular formula is C15H18BrFN3O2+. The number of nitrogens with one attached hydrogen (secondary N) is 1. The zero-order valence-corrected chi connectivity index (χ0v) is 13.7. The van der Waals surface area contributed by atoms with Crippen molar-refractivity contribution < 1.29 is 13.6 Å². The van der Waals surface area contributed by atoms with Gasteiger partial charge in [-0.05, 0) is 65.0 Å². The molecule has 118 valence electrons. The van der Waals surface area contributed by atoms with E-state index in [1.807, 2.05) is 0 Å². The molecule has 1 aromatic carbocycles. The fourth-order valence-electron chi connectivity index (χ4n) is 2.85. The number of aromatic nitrogens is 2. The molecule has 0 amide bonds. The minimum Gasteiger partial charge on any atom is -0.295 e. The van der Waals surface area contributed by atoms with Gasteiger partial charge >= 0.3 is 0 Å². The molecule has 2 aromatic rings.